The summed E-state index contributed by atoms with van der Waals surface area (Å²) in [6, 6.07) is 8.03. The number of likely N-dealkylation sites (tertiary alicyclic amines) is 1. The summed E-state index contributed by atoms with van der Waals surface area (Å²) < 4.78 is 7.42. The van der Waals surface area contributed by atoms with Crippen molar-refractivity contribution in [3.05, 3.63) is 54.1 Å². The van der Waals surface area contributed by atoms with Gasteiger partial charge in [0, 0.05) is 13.1 Å². The highest BCUT2D eigenvalue weighted by Gasteiger charge is 2.32. The van der Waals surface area contributed by atoms with Gasteiger partial charge in [-0.1, -0.05) is 31.2 Å². The van der Waals surface area contributed by atoms with Crippen molar-refractivity contribution in [3.63, 3.8) is 0 Å². The lowest BCUT2D eigenvalue weighted by Crippen LogP contribution is -2.52. The molecule has 0 radical (unpaired) electrons. The maximum atomic E-state index is 12.3. The molecule has 0 atom stereocenters. The first-order valence-corrected chi connectivity index (χ1v) is 9.34. The number of benzene rings is 1. The summed E-state index contributed by atoms with van der Waals surface area (Å²) >= 11 is 0. The lowest BCUT2D eigenvalue weighted by Gasteiger charge is -2.38. The number of carbonyl (C=O) groups excluding carboxylic acids is 1. The average Bonchev–Trinajstić information content (AvgIpc) is 3.32. The molecule has 9 nitrogen and oxygen atoms in total. The molecule has 2 aromatic heterocycles. The molecule has 1 saturated heterocycles. The minimum atomic E-state index is -0.0229. The Morgan fingerprint density at radius 3 is 2.57 bits per heavy atom. The predicted molar refractivity (Wildman–Crippen MR) is 101 cm³/mol. The Balaban J connectivity index is 1.23. The average molecular weight is 381 g/mol. The standard InChI is InChI=1S/C19H23N7O2/c1-14(2)15-3-5-18(6-4-15)28-13-19(27)24-11-17(12-24)25-9-16(22-23-25)10-26-20-7-8-21-26/h3-9,14,17H,10-13H2,1-2H3. The Morgan fingerprint density at radius 2 is 1.89 bits per heavy atom. The molecular formula is C19H23N7O2. The predicted octanol–water partition coefficient (Wildman–Crippen LogP) is 1.50. The fraction of sp³-hybridized carbons (Fsp3) is 0.421. The molecule has 1 amide bonds. The third-order valence-corrected chi connectivity index (χ3v) is 4.83. The normalized spacial score (nSPS) is 14.3. The van der Waals surface area contributed by atoms with Crippen molar-refractivity contribution in [1.82, 2.24) is 34.9 Å². The zero-order valence-corrected chi connectivity index (χ0v) is 16.0. The molecule has 3 aromatic rings. The minimum absolute atomic E-state index is 0.0229. The second kappa shape index (κ2) is 7.79. The van der Waals surface area contributed by atoms with Crippen LogP contribution in [0.3, 0.4) is 0 Å². The summed E-state index contributed by atoms with van der Waals surface area (Å²) in [5, 5.41) is 16.4. The van der Waals surface area contributed by atoms with E-state index in [-0.39, 0.29) is 18.6 Å². The minimum Gasteiger partial charge on any atom is -0.484 e. The topological polar surface area (TPSA) is 91.0 Å². The number of nitrogens with zero attached hydrogens (tertiary/aromatic N) is 7. The zero-order valence-electron chi connectivity index (χ0n) is 16.0. The van der Waals surface area contributed by atoms with Crippen molar-refractivity contribution in [2.45, 2.75) is 32.4 Å². The van der Waals surface area contributed by atoms with Gasteiger partial charge in [0.05, 0.1) is 24.6 Å². The molecule has 28 heavy (non-hydrogen) atoms. The molecule has 4 rings (SSSR count). The molecule has 0 aliphatic carbocycles. The van der Waals surface area contributed by atoms with Crippen molar-refractivity contribution < 1.29 is 9.53 Å². The number of hydrogen-bond donors (Lipinski definition) is 0. The highest BCUT2D eigenvalue weighted by molar-refractivity contribution is 5.78. The van der Waals surface area contributed by atoms with Crippen molar-refractivity contribution in [2.75, 3.05) is 19.7 Å². The van der Waals surface area contributed by atoms with E-state index in [2.05, 4.69) is 34.4 Å². The summed E-state index contributed by atoms with van der Waals surface area (Å²) in [7, 11) is 0. The Morgan fingerprint density at radius 1 is 1.18 bits per heavy atom. The molecule has 0 bridgehead atoms. The SMILES string of the molecule is CC(C)c1ccc(OCC(=O)N2CC(n3cc(Cn4nccn4)nn3)C2)cc1. The second-order valence-corrected chi connectivity index (χ2v) is 7.21. The van der Waals surface area contributed by atoms with E-state index in [0.29, 0.717) is 31.3 Å². The van der Waals surface area contributed by atoms with Crippen molar-refractivity contribution in [1.29, 1.82) is 0 Å². The molecule has 1 aromatic carbocycles. The number of aromatic nitrogens is 6. The lowest BCUT2D eigenvalue weighted by atomic mass is 10.0. The zero-order chi connectivity index (χ0) is 19.5. The molecule has 1 aliphatic rings. The van der Waals surface area contributed by atoms with Crippen LogP contribution >= 0.6 is 0 Å². The van der Waals surface area contributed by atoms with Crippen LogP contribution in [-0.4, -0.2) is 60.5 Å². The van der Waals surface area contributed by atoms with Crippen molar-refractivity contribution in [2.24, 2.45) is 0 Å². The lowest BCUT2D eigenvalue weighted by molar-refractivity contribution is -0.139. The fourth-order valence-electron chi connectivity index (χ4n) is 3.05. The van der Waals surface area contributed by atoms with Gasteiger partial charge in [-0.25, -0.2) is 4.68 Å². The van der Waals surface area contributed by atoms with Crippen LogP contribution in [0.15, 0.2) is 42.9 Å². The van der Waals surface area contributed by atoms with E-state index in [1.54, 1.807) is 26.8 Å². The van der Waals surface area contributed by atoms with Gasteiger partial charge in [0.25, 0.3) is 5.91 Å². The third-order valence-electron chi connectivity index (χ3n) is 4.83. The molecule has 0 unspecified atom stereocenters. The van der Waals surface area contributed by atoms with Crippen LogP contribution in [-0.2, 0) is 11.3 Å². The molecule has 3 heterocycles. The van der Waals surface area contributed by atoms with Crippen molar-refractivity contribution in [3.8, 4) is 5.75 Å². The highest BCUT2D eigenvalue weighted by Crippen LogP contribution is 2.22. The monoisotopic (exact) mass is 381 g/mol. The van der Waals surface area contributed by atoms with Gasteiger partial charge in [-0.05, 0) is 23.6 Å². The summed E-state index contributed by atoms with van der Waals surface area (Å²) in [5.41, 5.74) is 2.04. The van der Waals surface area contributed by atoms with E-state index in [1.807, 2.05) is 30.5 Å². The van der Waals surface area contributed by atoms with Gasteiger partial charge in [-0.2, -0.15) is 15.0 Å². The summed E-state index contributed by atoms with van der Waals surface area (Å²) in [5.74, 6) is 1.16. The Hall–Kier alpha value is -3.23. The first kappa shape index (κ1) is 18.1. The van der Waals surface area contributed by atoms with Crippen LogP contribution in [0.4, 0.5) is 0 Å². The van der Waals surface area contributed by atoms with Crippen LogP contribution in [0.5, 0.6) is 5.75 Å². The quantitative estimate of drug-likeness (QED) is 0.616. The van der Waals surface area contributed by atoms with Crippen LogP contribution in [0.2, 0.25) is 0 Å². The van der Waals surface area contributed by atoms with E-state index >= 15 is 0 Å². The van der Waals surface area contributed by atoms with E-state index in [1.165, 1.54) is 5.56 Å². The third kappa shape index (κ3) is 4.03. The van der Waals surface area contributed by atoms with Crippen LogP contribution in [0, 0.1) is 0 Å². The fourth-order valence-corrected chi connectivity index (χ4v) is 3.05. The van der Waals surface area contributed by atoms with Gasteiger partial charge >= 0.3 is 0 Å². The van der Waals surface area contributed by atoms with Crippen LogP contribution in [0.25, 0.3) is 0 Å². The highest BCUT2D eigenvalue weighted by atomic mass is 16.5. The van der Waals surface area contributed by atoms with Gasteiger partial charge in [-0.15, -0.1) is 5.10 Å². The number of hydrogen-bond acceptors (Lipinski definition) is 6. The maximum Gasteiger partial charge on any atom is 0.260 e. The van der Waals surface area contributed by atoms with E-state index in [4.69, 9.17) is 4.74 Å². The summed E-state index contributed by atoms with van der Waals surface area (Å²) in [6.45, 7) is 6.03. The van der Waals surface area contributed by atoms with Gasteiger partial charge < -0.3 is 9.64 Å². The number of amides is 1. The molecule has 0 spiro atoms. The first-order valence-electron chi connectivity index (χ1n) is 9.34. The van der Waals surface area contributed by atoms with Gasteiger partial charge in [0.1, 0.15) is 18.0 Å². The molecule has 9 heteroatoms. The number of rotatable bonds is 7. The first-order chi connectivity index (χ1) is 13.6. The Bertz CT molecular complexity index is 912. The van der Waals surface area contributed by atoms with Crippen LogP contribution in [0.1, 0.15) is 37.1 Å². The van der Waals surface area contributed by atoms with Gasteiger partial charge in [-0.3, -0.25) is 4.79 Å². The van der Waals surface area contributed by atoms with Gasteiger partial charge in [0.15, 0.2) is 6.61 Å². The molecule has 1 aliphatic heterocycles. The molecule has 0 N–H and O–H groups in total. The number of ether oxygens (including phenoxy) is 1. The molecule has 0 saturated carbocycles. The van der Waals surface area contributed by atoms with E-state index in [9.17, 15) is 4.79 Å². The van der Waals surface area contributed by atoms with E-state index < -0.39 is 0 Å². The Kier molecular flexibility index (Phi) is 5.05. The van der Waals surface area contributed by atoms with Crippen molar-refractivity contribution >= 4 is 5.91 Å². The van der Waals surface area contributed by atoms with E-state index in [0.717, 1.165) is 5.69 Å². The molecular weight excluding hydrogens is 358 g/mol. The largest absolute Gasteiger partial charge is 0.484 e. The maximum absolute atomic E-state index is 12.3. The molecule has 146 valence electrons. The number of carbonyl (C=O) groups is 1. The van der Waals surface area contributed by atoms with Gasteiger partial charge in [0.2, 0.25) is 0 Å². The smallest absolute Gasteiger partial charge is 0.260 e. The summed E-state index contributed by atoms with van der Waals surface area (Å²) in [4.78, 5) is 15.6. The van der Waals surface area contributed by atoms with Crippen LogP contribution < -0.4 is 4.74 Å². The Labute approximate surface area is 162 Å². The summed E-state index contributed by atoms with van der Waals surface area (Å²) in [6.07, 6.45) is 5.13. The molecule has 1 fully saturated rings. The second-order valence-electron chi connectivity index (χ2n) is 7.21.